The van der Waals surface area contributed by atoms with Gasteiger partial charge in [-0.1, -0.05) is 60.7 Å². The first kappa shape index (κ1) is 15.1. The smallest absolute Gasteiger partial charge is 0.220 e. The topological polar surface area (TPSA) is 42.2 Å². The molecule has 2 aromatic carbocycles. The van der Waals surface area contributed by atoms with Gasteiger partial charge in [-0.2, -0.15) is 0 Å². The third kappa shape index (κ3) is 4.33. The molecule has 3 nitrogen and oxygen atoms in total. The summed E-state index contributed by atoms with van der Waals surface area (Å²) >= 11 is 0. The van der Waals surface area contributed by atoms with Crippen LogP contribution in [0.3, 0.4) is 0 Å². The zero-order chi connectivity index (χ0) is 15.9. The van der Waals surface area contributed by atoms with Crippen LogP contribution in [0.15, 0.2) is 77.2 Å². The van der Waals surface area contributed by atoms with Gasteiger partial charge in [-0.15, -0.1) is 0 Å². The van der Waals surface area contributed by atoms with Crippen molar-refractivity contribution < 1.29 is 9.21 Å². The zero-order valence-electron chi connectivity index (χ0n) is 12.9. The lowest BCUT2D eigenvalue weighted by molar-refractivity contribution is -0.121. The van der Waals surface area contributed by atoms with E-state index in [2.05, 4.69) is 5.32 Å². The second-order valence-corrected chi connectivity index (χ2v) is 5.39. The molecule has 0 saturated carbocycles. The summed E-state index contributed by atoms with van der Waals surface area (Å²) in [7, 11) is 0. The molecule has 0 radical (unpaired) electrons. The summed E-state index contributed by atoms with van der Waals surface area (Å²) in [6.45, 7) is 0.563. The Labute approximate surface area is 136 Å². The quantitative estimate of drug-likeness (QED) is 0.742. The number of furan rings is 1. The maximum atomic E-state index is 11.9. The number of nitrogens with one attached hydrogen (secondary N) is 1. The van der Waals surface area contributed by atoms with Crippen LogP contribution in [-0.4, -0.2) is 5.91 Å². The van der Waals surface area contributed by atoms with Gasteiger partial charge in [0.15, 0.2) is 0 Å². The summed E-state index contributed by atoms with van der Waals surface area (Å²) in [4.78, 5) is 11.9. The monoisotopic (exact) mass is 305 g/mol. The summed E-state index contributed by atoms with van der Waals surface area (Å²) in [5.74, 6) is 1.70. The van der Waals surface area contributed by atoms with Crippen molar-refractivity contribution in [3.8, 4) is 11.3 Å². The van der Waals surface area contributed by atoms with Crippen LogP contribution in [0, 0.1) is 0 Å². The van der Waals surface area contributed by atoms with E-state index in [9.17, 15) is 4.79 Å². The highest BCUT2D eigenvalue weighted by Crippen LogP contribution is 2.22. The van der Waals surface area contributed by atoms with Gasteiger partial charge >= 0.3 is 0 Å². The van der Waals surface area contributed by atoms with Crippen LogP contribution in [0.1, 0.15) is 17.7 Å². The molecule has 0 saturated heterocycles. The SMILES string of the molecule is O=C(CCc1ccc(-c2ccccc2)o1)NCc1ccccc1. The number of carbonyl (C=O) groups is 1. The predicted molar refractivity (Wildman–Crippen MR) is 90.8 cm³/mol. The molecule has 116 valence electrons. The van der Waals surface area contributed by atoms with E-state index in [1.165, 1.54) is 0 Å². The molecule has 0 fully saturated rings. The third-order valence-electron chi connectivity index (χ3n) is 3.65. The average molecular weight is 305 g/mol. The van der Waals surface area contributed by atoms with Crippen molar-refractivity contribution in [3.63, 3.8) is 0 Å². The maximum absolute atomic E-state index is 11.9. The number of hydrogen-bond donors (Lipinski definition) is 1. The van der Waals surface area contributed by atoms with Crippen molar-refractivity contribution in [1.82, 2.24) is 5.32 Å². The van der Waals surface area contributed by atoms with Gasteiger partial charge in [0.05, 0.1) is 0 Å². The molecule has 1 N–H and O–H groups in total. The van der Waals surface area contributed by atoms with Crippen molar-refractivity contribution in [2.45, 2.75) is 19.4 Å². The lowest BCUT2D eigenvalue weighted by Gasteiger charge is -2.04. The summed E-state index contributed by atoms with van der Waals surface area (Å²) in [6.07, 6.45) is 1.03. The molecule has 0 aliphatic carbocycles. The Kier molecular flexibility index (Phi) is 4.89. The largest absolute Gasteiger partial charge is 0.461 e. The molecule has 3 heteroatoms. The summed E-state index contributed by atoms with van der Waals surface area (Å²) in [5, 5.41) is 2.93. The van der Waals surface area contributed by atoms with E-state index in [0.717, 1.165) is 22.6 Å². The number of rotatable bonds is 6. The standard InChI is InChI=1S/C20H19NO2/c22-20(21-15-16-7-3-1-4-8-16)14-12-18-11-13-19(23-18)17-9-5-2-6-10-17/h1-11,13H,12,14-15H2,(H,21,22). The highest BCUT2D eigenvalue weighted by atomic mass is 16.3. The molecule has 0 atom stereocenters. The average Bonchev–Trinajstić information content (AvgIpc) is 3.09. The fourth-order valence-electron chi connectivity index (χ4n) is 2.39. The van der Waals surface area contributed by atoms with E-state index in [1.807, 2.05) is 72.8 Å². The van der Waals surface area contributed by atoms with Crippen LogP contribution in [0.5, 0.6) is 0 Å². The summed E-state index contributed by atoms with van der Waals surface area (Å²) < 4.78 is 5.80. The van der Waals surface area contributed by atoms with Crippen molar-refractivity contribution in [1.29, 1.82) is 0 Å². The van der Waals surface area contributed by atoms with Crippen LogP contribution in [0.2, 0.25) is 0 Å². The molecule has 0 aliphatic rings. The Hall–Kier alpha value is -2.81. The van der Waals surface area contributed by atoms with Gasteiger partial charge in [-0.25, -0.2) is 0 Å². The number of benzene rings is 2. The van der Waals surface area contributed by atoms with Crippen LogP contribution in [-0.2, 0) is 17.8 Å². The first-order chi connectivity index (χ1) is 11.3. The highest BCUT2D eigenvalue weighted by molar-refractivity contribution is 5.76. The van der Waals surface area contributed by atoms with Crippen LogP contribution < -0.4 is 5.32 Å². The number of hydrogen-bond acceptors (Lipinski definition) is 2. The Morgan fingerprint density at radius 1 is 0.870 bits per heavy atom. The minimum atomic E-state index is 0.0338. The molecule has 0 unspecified atom stereocenters. The van der Waals surface area contributed by atoms with Crippen LogP contribution in [0.25, 0.3) is 11.3 Å². The summed E-state index contributed by atoms with van der Waals surface area (Å²) in [5.41, 5.74) is 2.15. The molecular formula is C20H19NO2. The van der Waals surface area contributed by atoms with Crippen LogP contribution in [0.4, 0.5) is 0 Å². The molecule has 1 amide bonds. The van der Waals surface area contributed by atoms with E-state index < -0.39 is 0 Å². The first-order valence-electron chi connectivity index (χ1n) is 7.76. The lowest BCUT2D eigenvalue weighted by Crippen LogP contribution is -2.22. The molecule has 0 bridgehead atoms. The number of carbonyl (C=O) groups excluding carboxylic acids is 1. The van der Waals surface area contributed by atoms with Gasteiger partial charge < -0.3 is 9.73 Å². The molecule has 1 aromatic heterocycles. The van der Waals surface area contributed by atoms with Gasteiger partial charge in [0.25, 0.3) is 0 Å². The second kappa shape index (κ2) is 7.45. The third-order valence-corrected chi connectivity index (χ3v) is 3.65. The second-order valence-electron chi connectivity index (χ2n) is 5.39. The van der Waals surface area contributed by atoms with Gasteiger partial charge in [0, 0.05) is 24.9 Å². The van der Waals surface area contributed by atoms with Gasteiger partial charge in [0.1, 0.15) is 11.5 Å². The molecular weight excluding hydrogens is 286 g/mol. The molecule has 1 heterocycles. The summed E-state index contributed by atoms with van der Waals surface area (Å²) in [6, 6.07) is 23.7. The lowest BCUT2D eigenvalue weighted by atomic mass is 10.2. The van der Waals surface area contributed by atoms with E-state index in [1.54, 1.807) is 0 Å². The Bertz CT molecular complexity index is 748. The van der Waals surface area contributed by atoms with Gasteiger partial charge in [0.2, 0.25) is 5.91 Å². The number of amides is 1. The van der Waals surface area contributed by atoms with Crippen molar-refractivity contribution in [2.75, 3.05) is 0 Å². The van der Waals surface area contributed by atoms with Crippen molar-refractivity contribution in [3.05, 3.63) is 84.1 Å². The van der Waals surface area contributed by atoms with Gasteiger partial charge in [-0.05, 0) is 17.7 Å². The zero-order valence-corrected chi connectivity index (χ0v) is 12.9. The minimum Gasteiger partial charge on any atom is -0.461 e. The normalized spacial score (nSPS) is 10.4. The molecule has 23 heavy (non-hydrogen) atoms. The fraction of sp³-hybridized carbons (Fsp3) is 0.150. The molecule has 3 rings (SSSR count). The van der Waals surface area contributed by atoms with Gasteiger partial charge in [-0.3, -0.25) is 4.79 Å². The van der Waals surface area contributed by atoms with Crippen molar-refractivity contribution >= 4 is 5.91 Å². The maximum Gasteiger partial charge on any atom is 0.220 e. The molecule has 3 aromatic rings. The predicted octanol–water partition coefficient (Wildman–Crippen LogP) is 4.20. The first-order valence-corrected chi connectivity index (χ1v) is 7.76. The van der Waals surface area contributed by atoms with E-state index in [4.69, 9.17) is 4.42 Å². The highest BCUT2D eigenvalue weighted by Gasteiger charge is 2.07. The van der Waals surface area contributed by atoms with E-state index in [0.29, 0.717) is 19.4 Å². The Morgan fingerprint density at radius 2 is 1.57 bits per heavy atom. The van der Waals surface area contributed by atoms with E-state index in [-0.39, 0.29) is 5.91 Å². The number of aryl methyl sites for hydroxylation is 1. The minimum absolute atomic E-state index is 0.0338. The van der Waals surface area contributed by atoms with Crippen LogP contribution >= 0.6 is 0 Å². The molecule has 0 aliphatic heterocycles. The van der Waals surface area contributed by atoms with Crippen molar-refractivity contribution in [2.24, 2.45) is 0 Å². The Balaban J connectivity index is 1.49. The molecule has 0 spiro atoms. The van der Waals surface area contributed by atoms with E-state index >= 15 is 0 Å². The Morgan fingerprint density at radius 3 is 2.30 bits per heavy atom. The fourth-order valence-corrected chi connectivity index (χ4v) is 2.39.